The van der Waals surface area contributed by atoms with Gasteiger partial charge in [0.25, 0.3) is 0 Å². The molecule has 104 valence electrons. The van der Waals surface area contributed by atoms with Gasteiger partial charge in [0.05, 0.1) is 12.2 Å². The Hall–Kier alpha value is -0.820. The maximum Gasteiger partial charge on any atom is 0.417 e. The summed E-state index contributed by atoms with van der Waals surface area (Å²) in [4.78, 5) is 11.5. The molecule has 7 heteroatoms. The van der Waals surface area contributed by atoms with E-state index in [4.69, 9.17) is 4.74 Å². The number of esters is 1. The molecule has 0 saturated carbocycles. The van der Waals surface area contributed by atoms with Crippen LogP contribution < -0.4 is 0 Å². The maximum absolute atomic E-state index is 12.8. The molecule has 0 amide bonds. The smallest absolute Gasteiger partial charge is 0.417 e. The molecule has 0 N–H and O–H groups in total. The van der Waals surface area contributed by atoms with Gasteiger partial charge in [-0.2, -0.15) is 13.2 Å². The van der Waals surface area contributed by atoms with E-state index in [1.807, 2.05) is 0 Å². The standard InChI is InChI=1S/C12H9Br2F3O2/c1-2-19-11(18)10(14)9(13)7-5-3-4-6-8(7)12(15,16)17/h3-6H,2H2,1H3. The minimum absolute atomic E-state index is 0.00104. The van der Waals surface area contributed by atoms with Crippen LogP contribution in [0.25, 0.3) is 4.48 Å². The van der Waals surface area contributed by atoms with Crippen molar-refractivity contribution in [3.05, 3.63) is 39.9 Å². The van der Waals surface area contributed by atoms with Gasteiger partial charge in [0.2, 0.25) is 0 Å². The van der Waals surface area contributed by atoms with Crippen molar-refractivity contribution in [2.45, 2.75) is 13.1 Å². The third kappa shape index (κ3) is 4.07. The largest absolute Gasteiger partial charge is 0.462 e. The quantitative estimate of drug-likeness (QED) is 0.540. The molecule has 0 aliphatic carbocycles. The lowest BCUT2D eigenvalue weighted by atomic mass is 10.1. The van der Waals surface area contributed by atoms with Crippen LogP contribution in [-0.2, 0) is 15.7 Å². The number of carbonyl (C=O) groups excluding carboxylic acids is 1. The van der Waals surface area contributed by atoms with E-state index in [0.717, 1.165) is 6.07 Å². The molecule has 0 aliphatic heterocycles. The van der Waals surface area contributed by atoms with E-state index in [9.17, 15) is 18.0 Å². The SMILES string of the molecule is CCOC(=O)C(Br)=C(Br)c1ccccc1C(F)(F)F. The summed E-state index contributed by atoms with van der Waals surface area (Å²) in [6, 6.07) is 4.96. The van der Waals surface area contributed by atoms with E-state index in [1.54, 1.807) is 6.92 Å². The van der Waals surface area contributed by atoms with Crippen LogP contribution in [-0.4, -0.2) is 12.6 Å². The highest BCUT2D eigenvalue weighted by atomic mass is 79.9. The van der Waals surface area contributed by atoms with E-state index >= 15 is 0 Å². The number of benzene rings is 1. The lowest BCUT2D eigenvalue weighted by Crippen LogP contribution is -2.09. The summed E-state index contributed by atoms with van der Waals surface area (Å²) in [5, 5.41) is 0. The summed E-state index contributed by atoms with van der Waals surface area (Å²) in [5.41, 5.74) is -0.960. The highest BCUT2D eigenvalue weighted by Crippen LogP contribution is 2.39. The highest BCUT2D eigenvalue weighted by molar-refractivity contribution is 9.16. The van der Waals surface area contributed by atoms with Gasteiger partial charge in [-0.1, -0.05) is 18.2 Å². The van der Waals surface area contributed by atoms with E-state index in [-0.39, 0.29) is 21.1 Å². The van der Waals surface area contributed by atoms with Gasteiger partial charge in [-0.05, 0) is 44.8 Å². The summed E-state index contributed by atoms with van der Waals surface area (Å²) in [6.45, 7) is 1.74. The van der Waals surface area contributed by atoms with E-state index in [0.29, 0.717) is 0 Å². The fourth-order valence-electron chi connectivity index (χ4n) is 1.32. The number of halogens is 5. The van der Waals surface area contributed by atoms with Gasteiger partial charge in [-0.25, -0.2) is 4.79 Å². The number of hydrogen-bond donors (Lipinski definition) is 0. The predicted octanol–water partition coefficient (Wildman–Crippen LogP) is 4.73. The molecule has 0 bridgehead atoms. The van der Waals surface area contributed by atoms with Crippen molar-refractivity contribution >= 4 is 42.3 Å². The Kier molecular flexibility index (Phi) is 5.61. The van der Waals surface area contributed by atoms with Gasteiger partial charge in [0.15, 0.2) is 0 Å². The fourth-order valence-corrected chi connectivity index (χ4v) is 2.16. The molecule has 0 aliphatic rings. The van der Waals surface area contributed by atoms with Crippen molar-refractivity contribution < 1.29 is 22.7 Å². The lowest BCUT2D eigenvalue weighted by Gasteiger charge is -2.13. The van der Waals surface area contributed by atoms with Gasteiger partial charge in [-0.3, -0.25) is 0 Å². The topological polar surface area (TPSA) is 26.3 Å². The number of ether oxygens (including phenoxy) is 1. The Bertz CT molecular complexity index is 510. The zero-order valence-electron chi connectivity index (χ0n) is 9.72. The number of alkyl halides is 3. The monoisotopic (exact) mass is 400 g/mol. The van der Waals surface area contributed by atoms with Crippen LogP contribution in [0.5, 0.6) is 0 Å². The molecule has 0 spiro atoms. The molecular formula is C12H9Br2F3O2. The van der Waals surface area contributed by atoms with Crippen molar-refractivity contribution in [1.82, 2.24) is 0 Å². The van der Waals surface area contributed by atoms with Crippen molar-refractivity contribution in [1.29, 1.82) is 0 Å². The number of carbonyl (C=O) groups is 1. The molecule has 0 atom stereocenters. The van der Waals surface area contributed by atoms with Crippen LogP contribution in [0.2, 0.25) is 0 Å². The van der Waals surface area contributed by atoms with E-state index in [1.165, 1.54) is 18.2 Å². The zero-order chi connectivity index (χ0) is 14.6. The molecule has 0 fully saturated rings. The van der Waals surface area contributed by atoms with Crippen molar-refractivity contribution in [2.24, 2.45) is 0 Å². The predicted molar refractivity (Wildman–Crippen MR) is 72.9 cm³/mol. The summed E-state index contributed by atoms with van der Waals surface area (Å²) in [7, 11) is 0. The molecule has 2 nitrogen and oxygen atoms in total. The molecule has 0 heterocycles. The summed E-state index contributed by atoms with van der Waals surface area (Å²) < 4.78 is 43.2. The first-order valence-electron chi connectivity index (χ1n) is 5.18. The molecule has 1 aromatic rings. The number of rotatable bonds is 3. The van der Waals surface area contributed by atoms with Gasteiger partial charge in [-0.15, -0.1) is 0 Å². The van der Waals surface area contributed by atoms with Gasteiger partial charge in [0.1, 0.15) is 4.48 Å². The molecule has 1 rings (SSSR count). The van der Waals surface area contributed by atoms with Crippen molar-refractivity contribution in [3.8, 4) is 0 Å². The van der Waals surface area contributed by atoms with Crippen LogP contribution in [0.1, 0.15) is 18.1 Å². The second-order valence-electron chi connectivity index (χ2n) is 3.39. The maximum atomic E-state index is 12.8. The minimum atomic E-state index is -4.50. The molecular weight excluding hydrogens is 393 g/mol. The molecule has 0 saturated heterocycles. The van der Waals surface area contributed by atoms with Gasteiger partial charge in [0, 0.05) is 10.0 Å². The first-order chi connectivity index (χ1) is 8.79. The average Bonchev–Trinajstić information content (AvgIpc) is 2.36. The van der Waals surface area contributed by atoms with Crippen molar-refractivity contribution in [2.75, 3.05) is 6.61 Å². The Labute approximate surface area is 124 Å². The first kappa shape index (κ1) is 16.2. The lowest BCUT2D eigenvalue weighted by molar-refractivity contribution is -0.138. The van der Waals surface area contributed by atoms with Crippen LogP contribution in [0.15, 0.2) is 28.7 Å². The second kappa shape index (κ2) is 6.56. The Morgan fingerprint density at radius 3 is 2.37 bits per heavy atom. The van der Waals surface area contributed by atoms with Gasteiger partial charge < -0.3 is 4.74 Å². The molecule has 0 aromatic heterocycles. The second-order valence-corrected chi connectivity index (χ2v) is 4.98. The van der Waals surface area contributed by atoms with Crippen molar-refractivity contribution in [3.63, 3.8) is 0 Å². The molecule has 19 heavy (non-hydrogen) atoms. The third-order valence-corrected chi connectivity index (χ3v) is 4.19. The van der Waals surface area contributed by atoms with E-state index in [2.05, 4.69) is 31.9 Å². The molecule has 0 unspecified atom stereocenters. The van der Waals surface area contributed by atoms with Gasteiger partial charge >= 0.3 is 12.1 Å². The Balaban J connectivity index is 3.31. The minimum Gasteiger partial charge on any atom is -0.462 e. The zero-order valence-corrected chi connectivity index (χ0v) is 12.9. The summed E-state index contributed by atoms with van der Waals surface area (Å²) in [5.74, 6) is -0.730. The summed E-state index contributed by atoms with van der Waals surface area (Å²) >= 11 is 5.94. The number of hydrogen-bond acceptors (Lipinski definition) is 2. The highest BCUT2D eigenvalue weighted by Gasteiger charge is 2.34. The fraction of sp³-hybridized carbons (Fsp3) is 0.250. The van der Waals surface area contributed by atoms with Crippen LogP contribution in [0.3, 0.4) is 0 Å². The summed E-state index contributed by atoms with van der Waals surface area (Å²) in [6.07, 6.45) is -4.50. The molecule has 1 aromatic carbocycles. The van der Waals surface area contributed by atoms with E-state index < -0.39 is 17.7 Å². The Morgan fingerprint density at radius 2 is 1.84 bits per heavy atom. The molecule has 0 radical (unpaired) electrons. The van der Waals surface area contributed by atoms with Crippen LogP contribution in [0, 0.1) is 0 Å². The average molecular weight is 402 g/mol. The Morgan fingerprint density at radius 1 is 1.26 bits per heavy atom. The third-order valence-electron chi connectivity index (χ3n) is 2.12. The van der Waals surface area contributed by atoms with Crippen LogP contribution in [0.4, 0.5) is 13.2 Å². The normalized spacial score (nSPS) is 12.9. The first-order valence-corrected chi connectivity index (χ1v) is 6.76. The van der Waals surface area contributed by atoms with Crippen LogP contribution >= 0.6 is 31.9 Å².